The van der Waals surface area contributed by atoms with E-state index < -0.39 is 10.2 Å². The van der Waals surface area contributed by atoms with Crippen LogP contribution in [-0.2, 0) is 10.2 Å². The second-order valence-electron chi connectivity index (χ2n) is 5.20. The average Bonchev–Trinajstić information content (AvgIpc) is 2.81. The first-order valence-corrected chi connectivity index (χ1v) is 7.94. The van der Waals surface area contributed by atoms with E-state index in [9.17, 15) is 8.42 Å². The maximum absolute atomic E-state index is 11.8. The third-order valence-corrected chi connectivity index (χ3v) is 4.86. The van der Waals surface area contributed by atoms with E-state index >= 15 is 0 Å². The summed E-state index contributed by atoms with van der Waals surface area (Å²) in [6, 6.07) is 15.8. The van der Waals surface area contributed by atoms with Crippen molar-refractivity contribution in [1.29, 1.82) is 0 Å². The second kappa shape index (κ2) is 3.38. The van der Waals surface area contributed by atoms with Crippen LogP contribution in [0.5, 0.6) is 0 Å². The minimum absolute atomic E-state index is 0.465. The van der Waals surface area contributed by atoms with E-state index in [1.807, 2.05) is 36.4 Å². The van der Waals surface area contributed by atoms with E-state index in [0.717, 1.165) is 32.3 Å². The van der Waals surface area contributed by atoms with E-state index in [2.05, 4.69) is 20.9 Å². The molecular formula is C16H8N2O2S. The Labute approximate surface area is 119 Å². The van der Waals surface area contributed by atoms with Gasteiger partial charge in [-0.25, -0.2) is 0 Å². The Kier molecular flexibility index (Phi) is 1.79. The quantitative estimate of drug-likeness (QED) is 0.466. The third kappa shape index (κ3) is 1.31. The summed E-state index contributed by atoms with van der Waals surface area (Å²) < 4.78 is 31.3. The highest BCUT2D eigenvalue weighted by Gasteiger charge is 2.19. The molecule has 0 spiro atoms. The van der Waals surface area contributed by atoms with Crippen LogP contribution in [0.2, 0.25) is 0 Å². The van der Waals surface area contributed by atoms with Gasteiger partial charge in [0.05, 0.1) is 0 Å². The summed E-state index contributed by atoms with van der Waals surface area (Å²) in [5.74, 6) is 0. The molecule has 5 rings (SSSR count). The van der Waals surface area contributed by atoms with E-state index in [1.54, 1.807) is 0 Å². The van der Waals surface area contributed by atoms with Crippen LogP contribution in [0, 0.1) is 0 Å². The second-order valence-corrected chi connectivity index (χ2v) is 6.46. The topological polar surface area (TPSA) is 58.9 Å². The summed E-state index contributed by atoms with van der Waals surface area (Å²) in [5, 5.41) is 6.89. The van der Waals surface area contributed by atoms with Gasteiger partial charge in [-0.2, -0.15) is 8.42 Å². The fourth-order valence-corrected chi connectivity index (χ4v) is 4.11. The first-order valence-electron chi connectivity index (χ1n) is 6.54. The van der Waals surface area contributed by atoms with Crippen molar-refractivity contribution in [3.05, 3.63) is 59.2 Å². The van der Waals surface area contributed by atoms with Gasteiger partial charge in [-0.3, -0.25) is 0 Å². The molecule has 0 saturated heterocycles. The Morgan fingerprint density at radius 2 is 1.14 bits per heavy atom. The lowest BCUT2D eigenvalue weighted by atomic mass is 9.93. The Balaban J connectivity index is 2.35. The lowest BCUT2D eigenvalue weighted by molar-refractivity contribution is 0.599. The van der Waals surface area contributed by atoms with E-state index in [4.69, 9.17) is 0 Å². The normalized spacial score (nSPS) is 16.2. The molecule has 21 heavy (non-hydrogen) atoms. The van der Waals surface area contributed by atoms with Gasteiger partial charge in [-0.05, 0) is 21.5 Å². The van der Waals surface area contributed by atoms with E-state index in [-0.39, 0.29) is 0 Å². The van der Waals surface area contributed by atoms with Crippen molar-refractivity contribution < 1.29 is 8.42 Å². The maximum Gasteiger partial charge on any atom is 0.364 e. The Morgan fingerprint density at radius 3 is 1.62 bits per heavy atom. The predicted molar refractivity (Wildman–Crippen MR) is 81.4 cm³/mol. The third-order valence-electron chi connectivity index (χ3n) is 4.03. The molecule has 4 nitrogen and oxygen atoms in total. The first kappa shape index (κ1) is 11.2. The SMILES string of the molecule is O=S1(=O)N=c2c(c3cccc4ccc5cccc2c5c43)=N1. The Hall–Kier alpha value is -2.53. The minimum Gasteiger partial charge on any atom is -0.179 e. The summed E-state index contributed by atoms with van der Waals surface area (Å²) in [6.07, 6.45) is 0. The van der Waals surface area contributed by atoms with Gasteiger partial charge in [-0.15, -0.1) is 8.80 Å². The smallest absolute Gasteiger partial charge is 0.179 e. The molecule has 1 aliphatic heterocycles. The van der Waals surface area contributed by atoms with E-state index in [0.29, 0.717) is 10.7 Å². The highest BCUT2D eigenvalue weighted by Crippen LogP contribution is 2.31. The van der Waals surface area contributed by atoms with Crippen LogP contribution in [0.4, 0.5) is 0 Å². The monoisotopic (exact) mass is 292 g/mol. The largest absolute Gasteiger partial charge is 0.364 e. The van der Waals surface area contributed by atoms with Crippen molar-refractivity contribution >= 4 is 42.5 Å². The summed E-state index contributed by atoms with van der Waals surface area (Å²) in [5.41, 5.74) is 0. The lowest BCUT2D eigenvalue weighted by Crippen LogP contribution is -2.24. The fraction of sp³-hybridized carbons (Fsp3) is 0. The van der Waals surface area contributed by atoms with Crippen molar-refractivity contribution in [3.63, 3.8) is 0 Å². The molecule has 0 radical (unpaired) electrons. The molecule has 0 amide bonds. The number of hydrogen-bond donors (Lipinski definition) is 0. The van der Waals surface area contributed by atoms with Crippen LogP contribution >= 0.6 is 0 Å². The molecular weight excluding hydrogens is 284 g/mol. The summed E-state index contributed by atoms with van der Waals surface area (Å²) >= 11 is 0. The molecule has 4 aromatic rings. The van der Waals surface area contributed by atoms with Gasteiger partial charge in [-0.1, -0.05) is 48.5 Å². The van der Waals surface area contributed by atoms with Gasteiger partial charge in [0.1, 0.15) is 10.7 Å². The van der Waals surface area contributed by atoms with Crippen LogP contribution in [-0.4, -0.2) is 8.42 Å². The van der Waals surface area contributed by atoms with Crippen LogP contribution in [0.1, 0.15) is 0 Å². The zero-order chi connectivity index (χ0) is 14.2. The number of fused-ring (bicyclic) bond motifs is 3. The van der Waals surface area contributed by atoms with Crippen LogP contribution in [0.15, 0.2) is 57.3 Å². The lowest BCUT2D eigenvalue weighted by Gasteiger charge is -2.09. The molecule has 0 fully saturated rings. The fourth-order valence-electron chi connectivity index (χ4n) is 3.24. The molecule has 0 unspecified atom stereocenters. The van der Waals surface area contributed by atoms with E-state index in [1.165, 1.54) is 0 Å². The van der Waals surface area contributed by atoms with Gasteiger partial charge in [0, 0.05) is 10.8 Å². The van der Waals surface area contributed by atoms with Gasteiger partial charge >= 0.3 is 10.2 Å². The van der Waals surface area contributed by atoms with Crippen molar-refractivity contribution in [2.75, 3.05) is 0 Å². The maximum atomic E-state index is 11.8. The van der Waals surface area contributed by atoms with Gasteiger partial charge in [0.15, 0.2) is 0 Å². The Morgan fingerprint density at radius 1 is 0.667 bits per heavy atom. The number of benzene rings is 4. The molecule has 0 aromatic heterocycles. The standard InChI is InChI=1S/C16H8N2O2S/c19-21(20)17-15-11-5-1-3-9-7-8-10-4-2-6-12(16(15)18-21)14(10)13(9)11/h1-8H. The minimum atomic E-state index is -3.76. The number of nitrogens with zero attached hydrogens (tertiary/aromatic N) is 2. The average molecular weight is 292 g/mol. The number of hydrogen-bond acceptors (Lipinski definition) is 2. The summed E-state index contributed by atoms with van der Waals surface area (Å²) in [7, 11) is -3.76. The molecule has 0 atom stereocenters. The van der Waals surface area contributed by atoms with Crippen molar-refractivity contribution in [3.8, 4) is 0 Å². The molecule has 0 N–H and O–H groups in total. The molecule has 1 heterocycles. The zero-order valence-corrected chi connectivity index (χ0v) is 11.6. The van der Waals surface area contributed by atoms with Gasteiger partial charge < -0.3 is 0 Å². The van der Waals surface area contributed by atoms with Crippen LogP contribution in [0.3, 0.4) is 0 Å². The predicted octanol–water partition coefficient (Wildman–Crippen LogP) is 2.08. The highest BCUT2D eigenvalue weighted by atomic mass is 32.2. The molecule has 0 aliphatic carbocycles. The zero-order valence-electron chi connectivity index (χ0n) is 10.7. The van der Waals surface area contributed by atoms with Crippen molar-refractivity contribution in [2.24, 2.45) is 8.80 Å². The molecule has 0 bridgehead atoms. The summed E-state index contributed by atoms with van der Waals surface area (Å²) in [6.45, 7) is 0. The summed E-state index contributed by atoms with van der Waals surface area (Å²) in [4.78, 5) is 0. The molecule has 1 aliphatic rings. The highest BCUT2D eigenvalue weighted by molar-refractivity contribution is 7.88. The van der Waals surface area contributed by atoms with Crippen molar-refractivity contribution in [1.82, 2.24) is 0 Å². The van der Waals surface area contributed by atoms with Gasteiger partial charge in [0.25, 0.3) is 0 Å². The molecule has 5 heteroatoms. The van der Waals surface area contributed by atoms with Crippen molar-refractivity contribution in [2.45, 2.75) is 0 Å². The molecule has 100 valence electrons. The first-order chi connectivity index (χ1) is 10.1. The van der Waals surface area contributed by atoms with Crippen LogP contribution in [0.25, 0.3) is 32.3 Å². The molecule has 4 aromatic carbocycles. The Bertz CT molecular complexity index is 1200. The molecule has 0 saturated carbocycles. The van der Waals surface area contributed by atoms with Crippen LogP contribution < -0.4 is 10.7 Å². The number of rotatable bonds is 0. The van der Waals surface area contributed by atoms with Gasteiger partial charge in [0.2, 0.25) is 0 Å².